The van der Waals surface area contributed by atoms with Gasteiger partial charge in [-0.15, -0.1) is 0 Å². The van der Waals surface area contributed by atoms with Gasteiger partial charge >= 0.3 is 0 Å². The first-order valence-electron chi connectivity index (χ1n) is 7.90. The lowest BCUT2D eigenvalue weighted by atomic mass is 9.87. The van der Waals surface area contributed by atoms with Gasteiger partial charge in [-0.1, -0.05) is 18.2 Å². The second kappa shape index (κ2) is 5.09. The van der Waals surface area contributed by atoms with Gasteiger partial charge in [0.05, 0.1) is 12.7 Å². The molecule has 0 radical (unpaired) electrons. The zero-order valence-corrected chi connectivity index (χ0v) is 13.3. The van der Waals surface area contributed by atoms with Crippen molar-refractivity contribution in [3.05, 3.63) is 35.5 Å². The van der Waals surface area contributed by atoms with E-state index < -0.39 is 5.92 Å². The molecular formula is C17H20N4O2. The normalized spacial score (nSPS) is 22.8. The minimum Gasteiger partial charge on any atom is -0.357 e. The van der Waals surface area contributed by atoms with Crippen LogP contribution in [0.25, 0.3) is 10.9 Å². The van der Waals surface area contributed by atoms with E-state index in [-0.39, 0.29) is 17.9 Å². The van der Waals surface area contributed by atoms with Crippen molar-refractivity contribution < 1.29 is 9.59 Å². The number of aromatic amines is 1. The van der Waals surface area contributed by atoms with Gasteiger partial charge in [-0.2, -0.15) is 0 Å². The van der Waals surface area contributed by atoms with Crippen LogP contribution in [0.15, 0.2) is 24.3 Å². The Morgan fingerprint density at radius 2 is 1.78 bits per heavy atom. The number of aromatic nitrogens is 1. The number of nitrogens with zero attached hydrogens (tertiary/aromatic N) is 2. The molecular weight excluding hydrogens is 292 g/mol. The Labute approximate surface area is 134 Å². The Balaban J connectivity index is 1.82. The van der Waals surface area contributed by atoms with Crippen LogP contribution in [0.3, 0.4) is 0 Å². The Kier molecular flexibility index (Phi) is 3.16. The van der Waals surface area contributed by atoms with Crippen LogP contribution >= 0.6 is 0 Å². The van der Waals surface area contributed by atoms with E-state index in [0.717, 1.165) is 24.2 Å². The van der Waals surface area contributed by atoms with Gasteiger partial charge in [0.15, 0.2) is 0 Å². The molecule has 2 amide bonds. The summed E-state index contributed by atoms with van der Waals surface area (Å²) in [6, 6.07) is 7.84. The molecule has 1 unspecified atom stereocenters. The number of fused-ring (bicyclic) bond motifs is 3. The van der Waals surface area contributed by atoms with Gasteiger partial charge in [0, 0.05) is 30.7 Å². The predicted molar refractivity (Wildman–Crippen MR) is 86.6 cm³/mol. The summed E-state index contributed by atoms with van der Waals surface area (Å²) in [6.45, 7) is 1.12. The third kappa shape index (κ3) is 2.05. The maximum Gasteiger partial charge on any atom is 0.238 e. The molecule has 4 rings (SSSR count). The van der Waals surface area contributed by atoms with Crippen molar-refractivity contribution in [1.29, 1.82) is 0 Å². The number of hydrogen-bond acceptors (Lipinski definition) is 3. The van der Waals surface area contributed by atoms with Crippen LogP contribution in [-0.2, 0) is 16.0 Å². The highest BCUT2D eigenvalue weighted by atomic mass is 16.2. The van der Waals surface area contributed by atoms with Crippen molar-refractivity contribution in [2.75, 3.05) is 27.3 Å². The molecule has 1 atom stereocenters. The highest BCUT2D eigenvalue weighted by Crippen LogP contribution is 2.35. The van der Waals surface area contributed by atoms with Gasteiger partial charge in [-0.05, 0) is 24.6 Å². The first-order chi connectivity index (χ1) is 11.1. The van der Waals surface area contributed by atoms with Crippen LogP contribution in [0.2, 0.25) is 0 Å². The number of carbonyl (C=O) groups is 2. The van der Waals surface area contributed by atoms with E-state index in [4.69, 9.17) is 0 Å². The van der Waals surface area contributed by atoms with E-state index >= 15 is 0 Å². The summed E-state index contributed by atoms with van der Waals surface area (Å²) in [5, 5.41) is 4.57. The summed E-state index contributed by atoms with van der Waals surface area (Å²) >= 11 is 0. The Bertz CT molecular complexity index is 777. The van der Waals surface area contributed by atoms with E-state index in [0.29, 0.717) is 6.67 Å². The molecule has 3 heterocycles. The second-order valence-electron chi connectivity index (χ2n) is 6.44. The number of H-pyrrole nitrogens is 1. The summed E-state index contributed by atoms with van der Waals surface area (Å²) in [6.07, 6.45) is 0.899. The predicted octanol–water partition coefficient (Wildman–Crippen LogP) is 0.859. The number of hydrogen-bond donors (Lipinski definition) is 2. The van der Waals surface area contributed by atoms with Crippen molar-refractivity contribution in [2.24, 2.45) is 5.92 Å². The fraction of sp³-hybridized carbons (Fsp3) is 0.412. The van der Waals surface area contributed by atoms with Crippen LogP contribution < -0.4 is 5.32 Å². The molecule has 0 spiro atoms. The van der Waals surface area contributed by atoms with Crippen molar-refractivity contribution >= 4 is 22.7 Å². The molecule has 23 heavy (non-hydrogen) atoms. The monoisotopic (exact) mass is 312 g/mol. The average Bonchev–Trinajstić information content (AvgIpc) is 2.93. The fourth-order valence-electron chi connectivity index (χ4n) is 3.82. The lowest BCUT2D eigenvalue weighted by molar-refractivity contribution is -0.157. The van der Waals surface area contributed by atoms with Gasteiger partial charge in [0.2, 0.25) is 11.8 Å². The molecule has 2 aromatic rings. The van der Waals surface area contributed by atoms with E-state index in [1.807, 2.05) is 18.2 Å². The summed E-state index contributed by atoms with van der Waals surface area (Å²) < 4.78 is 0. The van der Waals surface area contributed by atoms with Crippen molar-refractivity contribution in [3.63, 3.8) is 0 Å². The number of nitrogens with one attached hydrogen (secondary N) is 2. The molecule has 1 aromatic heterocycles. The Morgan fingerprint density at radius 3 is 2.52 bits per heavy atom. The zero-order valence-electron chi connectivity index (χ0n) is 13.3. The molecule has 2 N–H and O–H groups in total. The lowest BCUT2D eigenvalue weighted by Gasteiger charge is -2.39. The van der Waals surface area contributed by atoms with Crippen molar-refractivity contribution in [3.8, 4) is 0 Å². The van der Waals surface area contributed by atoms with E-state index in [1.54, 1.807) is 23.9 Å². The number of benzene rings is 1. The molecule has 2 aliphatic heterocycles. The van der Waals surface area contributed by atoms with Gasteiger partial charge in [0.25, 0.3) is 0 Å². The van der Waals surface area contributed by atoms with Crippen LogP contribution in [0, 0.1) is 5.92 Å². The topological polar surface area (TPSA) is 68.4 Å². The van der Waals surface area contributed by atoms with Crippen LogP contribution in [0.4, 0.5) is 0 Å². The Morgan fingerprint density at radius 1 is 1.09 bits per heavy atom. The van der Waals surface area contributed by atoms with E-state index in [9.17, 15) is 9.59 Å². The maximum atomic E-state index is 12.6. The van der Waals surface area contributed by atoms with Gasteiger partial charge < -0.3 is 20.1 Å². The third-order valence-electron chi connectivity index (χ3n) is 4.94. The highest BCUT2D eigenvalue weighted by molar-refractivity contribution is 6.03. The van der Waals surface area contributed by atoms with Crippen LogP contribution in [-0.4, -0.2) is 53.9 Å². The van der Waals surface area contributed by atoms with Crippen LogP contribution in [0.1, 0.15) is 17.3 Å². The van der Waals surface area contributed by atoms with Crippen LogP contribution in [0.5, 0.6) is 0 Å². The first-order valence-corrected chi connectivity index (χ1v) is 7.90. The van der Waals surface area contributed by atoms with Crippen molar-refractivity contribution in [2.45, 2.75) is 12.5 Å². The van der Waals surface area contributed by atoms with Gasteiger partial charge in [-0.3, -0.25) is 9.59 Å². The van der Waals surface area contributed by atoms with E-state index in [1.165, 1.54) is 10.9 Å². The quantitative estimate of drug-likeness (QED) is 0.768. The van der Waals surface area contributed by atoms with Crippen molar-refractivity contribution in [1.82, 2.24) is 20.1 Å². The summed E-state index contributed by atoms with van der Waals surface area (Å²) in [5.74, 6) is -0.930. The largest absolute Gasteiger partial charge is 0.357 e. The lowest BCUT2D eigenvalue weighted by Crippen LogP contribution is -2.57. The molecule has 1 aromatic carbocycles. The van der Waals surface area contributed by atoms with Gasteiger partial charge in [0.1, 0.15) is 5.92 Å². The standard InChI is InChI=1S/C17H20N4O2/c1-20-9-21(2)17(23)13(16(20)22)15-14-11(7-8-18-15)10-5-3-4-6-12(10)19-14/h3-6,13,15,18-19H,7-9H2,1-2H3. The molecule has 2 aliphatic rings. The number of para-hydroxylation sites is 1. The summed E-state index contributed by atoms with van der Waals surface area (Å²) in [4.78, 5) is 31.9. The van der Waals surface area contributed by atoms with E-state index in [2.05, 4.69) is 16.4 Å². The SMILES string of the molecule is CN1CN(C)C(=O)C(C2NCCc3c2[nH]c2ccccc32)C1=O. The second-order valence-corrected chi connectivity index (χ2v) is 6.44. The molecule has 120 valence electrons. The zero-order chi connectivity index (χ0) is 16.1. The highest BCUT2D eigenvalue weighted by Gasteiger charge is 2.45. The molecule has 6 nitrogen and oxygen atoms in total. The fourth-order valence-corrected chi connectivity index (χ4v) is 3.82. The maximum absolute atomic E-state index is 12.6. The third-order valence-corrected chi connectivity index (χ3v) is 4.94. The number of rotatable bonds is 1. The summed E-state index contributed by atoms with van der Waals surface area (Å²) in [7, 11) is 3.49. The summed E-state index contributed by atoms with van der Waals surface area (Å²) in [5.41, 5.74) is 3.26. The minimum atomic E-state index is -0.703. The molecule has 0 bridgehead atoms. The van der Waals surface area contributed by atoms with Gasteiger partial charge in [-0.25, -0.2) is 0 Å². The average molecular weight is 312 g/mol. The molecule has 6 heteroatoms. The molecule has 0 aliphatic carbocycles. The molecule has 1 saturated heterocycles. The molecule has 1 fully saturated rings. The smallest absolute Gasteiger partial charge is 0.238 e. The number of carbonyl (C=O) groups excluding carboxylic acids is 2. The number of amides is 2. The minimum absolute atomic E-state index is 0.114. The molecule has 0 saturated carbocycles. The first kappa shape index (κ1) is 14.3. The Hall–Kier alpha value is -2.34.